The fourth-order valence-corrected chi connectivity index (χ4v) is 2.70. The molecular weight excluding hydrogens is 258 g/mol. The molecule has 0 bridgehead atoms. The van der Waals surface area contributed by atoms with Crippen LogP contribution >= 0.6 is 0 Å². The van der Waals surface area contributed by atoms with Crippen LogP contribution in [0.2, 0.25) is 0 Å². The minimum Gasteiger partial charge on any atom is -0.497 e. The van der Waals surface area contributed by atoms with E-state index in [2.05, 4.69) is 61.7 Å². The second-order valence-corrected chi connectivity index (χ2v) is 5.13. The summed E-state index contributed by atoms with van der Waals surface area (Å²) in [5, 5.41) is 0. The summed E-state index contributed by atoms with van der Waals surface area (Å²) in [6.45, 7) is 3.26. The maximum Gasteiger partial charge on any atom is 0.143 e. The van der Waals surface area contributed by atoms with Crippen LogP contribution in [-0.4, -0.2) is 13.7 Å². The summed E-state index contributed by atoms with van der Waals surface area (Å²) in [7, 11) is 1.69. The van der Waals surface area contributed by atoms with E-state index in [4.69, 9.17) is 4.74 Å². The van der Waals surface area contributed by atoms with Gasteiger partial charge in [-0.2, -0.15) is 0 Å². The Morgan fingerprint density at radius 3 is 2.52 bits per heavy atom. The maximum atomic E-state index is 5.21. The highest BCUT2D eigenvalue weighted by atomic mass is 16.5. The first-order valence-electron chi connectivity index (χ1n) is 7.31. The SMILES string of the molecule is CC[NH+]1C=CC(=Cc2ccc(OC)cc2)c2ccccc21. The molecule has 1 aliphatic heterocycles. The molecule has 0 saturated carbocycles. The van der Waals surface area contributed by atoms with E-state index in [0.29, 0.717) is 0 Å². The molecule has 0 spiro atoms. The topological polar surface area (TPSA) is 13.7 Å². The molecule has 0 aromatic heterocycles. The first kappa shape index (κ1) is 13.7. The number of para-hydroxylation sites is 1. The Labute approximate surface area is 126 Å². The average molecular weight is 278 g/mol. The van der Waals surface area contributed by atoms with Crippen LogP contribution in [0.15, 0.2) is 60.8 Å². The van der Waals surface area contributed by atoms with Crippen LogP contribution in [0.1, 0.15) is 18.1 Å². The second-order valence-electron chi connectivity index (χ2n) is 5.13. The standard InChI is InChI=1S/C19H19NO/c1-3-20-13-12-16(18-6-4-5-7-19(18)20)14-15-8-10-17(21-2)11-9-15/h4-14H,3H2,1-2H3/p+1. The molecule has 2 aromatic rings. The summed E-state index contributed by atoms with van der Waals surface area (Å²) in [5.41, 5.74) is 5.10. The van der Waals surface area contributed by atoms with Gasteiger partial charge in [-0.25, -0.2) is 0 Å². The number of allylic oxidation sites excluding steroid dienone is 2. The van der Waals surface area contributed by atoms with Crippen molar-refractivity contribution in [2.75, 3.05) is 13.7 Å². The number of ether oxygens (including phenoxy) is 1. The van der Waals surface area contributed by atoms with Gasteiger partial charge in [-0.1, -0.05) is 24.3 Å². The third-order valence-corrected chi connectivity index (χ3v) is 3.87. The second kappa shape index (κ2) is 5.98. The number of hydrogen-bond donors (Lipinski definition) is 1. The van der Waals surface area contributed by atoms with Crippen LogP contribution in [0.4, 0.5) is 5.69 Å². The van der Waals surface area contributed by atoms with Crippen LogP contribution in [-0.2, 0) is 0 Å². The lowest BCUT2D eigenvalue weighted by Crippen LogP contribution is -3.02. The zero-order valence-electron chi connectivity index (χ0n) is 12.5. The van der Waals surface area contributed by atoms with E-state index in [9.17, 15) is 0 Å². The van der Waals surface area contributed by atoms with Gasteiger partial charge in [0.15, 0.2) is 0 Å². The van der Waals surface area contributed by atoms with E-state index in [0.717, 1.165) is 12.3 Å². The molecule has 0 aliphatic carbocycles. The molecule has 106 valence electrons. The molecule has 0 amide bonds. The Morgan fingerprint density at radius 1 is 1.05 bits per heavy atom. The monoisotopic (exact) mass is 278 g/mol. The Balaban J connectivity index is 2.00. The van der Waals surface area contributed by atoms with E-state index in [1.54, 1.807) is 7.11 Å². The molecule has 1 atom stereocenters. The van der Waals surface area contributed by atoms with E-state index in [-0.39, 0.29) is 0 Å². The Kier molecular flexibility index (Phi) is 3.89. The van der Waals surface area contributed by atoms with Crippen LogP contribution in [0.3, 0.4) is 0 Å². The van der Waals surface area contributed by atoms with Gasteiger partial charge in [0, 0.05) is 11.6 Å². The van der Waals surface area contributed by atoms with Gasteiger partial charge in [-0.05, 0) is 48.4 Å². The molecule has 2 aromatic carbocycles. The van der Waals surface area contributed by atoms with Gasteiger partial charge in [0.2, 0.25) is 0 Å². The maximum absolute atomic E-state index is 5.21. The van der Waals surface area contributed by atoms with Gasteiger partial charge in [0.1, 0.15) is 11.4 Å². The van der Waals surface area contributed by atoms with E-state index >= 15 is 0 Å². The minimum atomic E-state index is 0.887. The van der Waals surface area contributed by atoms with Crippen molar-refractivity contribution in [3.63, 3.8) is 0 Å². The van der Waals surface area contributed by atoms with Crippen LogP contribution in [0, 0.1) is 0 Å². The molecule has 0 fully saturated rings. The van der Waals surface area contributed by atoms with Gasteiger partial charge in [-0.15, -0.1) is 0 Å². The fraction of sp³-hybridized carbons (Fsp3) is 0.158. The smallest absolute Gasteiger partial charge is 0.143 e. The van der Waals surface area contributed by atoms with Crippen LogP contribution in [0.25, 0.3) is 11.6 Å². The van der Waals surface area contributed by atoms with Crippen molar-refractivity contribution in [3.05, 3.63) is 71.9 Å². The van der Waals surface area contributed by atoms with Gasteiger partial charge in [0.05, 0.1) is 19.9 Å². The summed E-state index contributed by atoms with van der Waals surface area (Å²) in [6.07, 6.45) is 6.67. The summed E-state index contributed by atoms with van der Waals surface area (Å²) in [5.74, 6) is 0.887. The van der Waals surface area contributed by atoms with E-state index in [1.165, 1.54) is 27.3 Å². The first-order valence-corrected chi connectivity index (χ1v) is 7.31. The molecule has 21 heavy (non-hydrogen) atoms. The van der Waals surface area contributed by atoms with Crippen molar-refractivity contribution in [1.29, 1.82) is 0 Å². The van der Waals surface area contributed by atoms with Crippen molar-refractivity contribution in [2.45, 2.75) is 6.92 Å². The van der Waals surface area contributed by atoms with Crippen molar-refractivity contribution >= 4 is 17.3 Å². The highest BCUT2D eigenvalue weighted by molar-refractivity contribution is 5.91. The highest BCUT2D eigenvalue weighted by Gasteiger charge is 2.18. The van der Waals surface area contributed by atoms with E-state index < -0.39 is 0 Å². The molecular formula is C19H20NO+. The third kappa shape index (κ3) is 2.76. The lowest BCUT2D eigenvalue weighted by molar-refractivity contribution is -0.773. The van der Waals surface area contributed by atoms with Gasteiger partial charge in [0.25, 0.3) is 0 Å². The number of hydrogen-bond acceptors (Lipinski definition) is 1. The highest BCUT2D eigenvalue weighted by Crippen LogP contribution is 2.27. The average Bonchev–Trinajstić information content (AvgIpc) is 2.56. The van der Waals surface area contributed by atoms with Crippen molar-refractivity contribution in [2.24, 2.45) is 0 Å². The van der Waals surface area contributed by atoms with Crippen LogP contribution < -0.4 is 9.64 Å². The van der Waals surface area contributed by atoms with Crippen LogP contribution in [0.5, 0.6) is 5.75 Å². The molecule has 0 radical (unpaired) electrons. The quantitative estimate of drug-likeness (QED) is 0.909. The summed E-state index contributed by atoms with van der Waals surface area (Å²) < 4.78 is 5.21. The molecule has 1 heterocycles. The summed E-state index contributed by atoms with van der Waals surface area (Å²) >= 11 is 0. The Hall–Kier alpha value is -2.32. The van der Waals surface area contributed by atoms with E-state index in [1.807, 2.05) is 12.1 Å². The summed E-state index contributed by atoms with van der Waals surface area (Å²) in [6, 6.07) is 16.8. The molecule has 1 N–H and O–H groups in total. The molecule has 2 nitrogen and oxygen atoms in total. The predicted octanol–water partition coefficient (Wildman–Crippen LogP) is 3.30. The van der Waals surface area contributed by atoms with Crippen molar-refractivity contribution in [3.8, 4) is 5.75 Å². The van der Waals surface area contributed by atoms with Crippen molar-refractivity contribution in [1.82, 2.24) is 0 Å². The lowest BCUT2D eigenvalue weighted by Gasteiger charge is -2.20. The number of rotatable bonds is 3. The summed E-state index contributed by atoms with van der Waals surface area (Å²) in [4.78, 5) is 1.40. The molecule has 1 aliphatic rings. The number of fused-ring (bicyclic) bond motifs is 1. The normalized spacial score (nSPS) is 18.6. The van der Waals surface area contributed by atoms with Gasteiger partial charge in [-0.3, -0.25) is 4.90 Å². The lowest BCUT2D eigenvalue weighted by atomic mass is 9.98. The number of benzene rings is 2. The Bertz CT molecular complexity index is 683. The largest absolute Gasteiger partial charge is 0.497 e. The van der Waals surface area contributed by atoms with Gasteiger partial charge >= 0.3 is 0 Å². The molecule has 0 saturated heterocycles. The minimum absolute atomic E-state index is 0.887. The molecule has 2 heteroatoms. The fourth-order valence-electron chi connectivity index (χ4n) is 2.70. The van der Waals surface area contributed by atoms with Crippen molar-refractivity contribution < 1.29 is 9.64 Å². The third-order valence-electron chi connectivity index (χ3n) is 3.87. The number of quaternary nitrogens is 1. The first-order chi connectivity index (χ1) is 10.3. The van der Waals surface area contributed by atoms with Gasteiger partial charge < -0.3 is 4.74 Å². The predicted molar refractivity (Wildman–Crippen MR) is 87.6 cm³/mol. The zero-order chi connectivity index (χ0) is 14.7. The number of methoxy groups -OCH3 is 1. The molecule has 1 unspecified atom stereocenters. The number of nitrogens with one attached hydrogen (secondary N) is 1. The zero-order valence-corrected chi connectivity index (χ0v) is 12.5. The Morgan fingerprint density at radius 2 is 1.81 bits per heavy atom. The molecule has 3 rings (SSSR count).